The molecule has 0 heterocycles. The molecule has 1 amide bonds. The largest absolute Gasteiger partial charge is 0.393 e. The number of amides is 1. The van der Waals surface area contributed by atoms with Crippen molar-refractivity contribution in [2.24, 2.45) is 11.1 Å². The van der Waals surface area contributed by atoms with Crippen molar-refractivity contribution in [1.29, 1.82) is 0 Å². The lowest BCUT2D eigenvalue weighted by atomic mass is 9.69. The zero-order chi connectivity index (χ0) is 12.3. The van der Waals surface area contributed by atoms with Crippen molar-refractivity contribution in [1.82, 2.24) is 0 Å². The summed E-state index contributed by atoms with van der Waals surface area (Å²) in [6, 6.07) is 9.96. The maximum Gasteiger partial charge on any atom is 0.223 e. The summed E-state index contributed by atoms with van der Waals surface area (Å²) < 4.78 is 0. The van der Waals surface area contributed by atoms with Gasteiger partial charge in [0.1, 0.15) is 0 Å². The van der Waals surface area contributed by atoms with Crippen LogP contribution in [0.5, 0.6) is 0 Å². The minimum absolute atomic E-state index is 0.228. The van der Waals surface area contributed by atoms with E-state index in [0.717, 1.165) is 5.56 Å². The summed E-state index contributed by atoms with van der Waals surface area (Å²) in [6.07, 6.45) is 3.16. The van der Waals surface area contributed by atoms with Crippen molar-refractivity contribution in [2.75, 3.05) is 0 Å². The Morgan fingerprint density at radius 2 is 1.88 bits per heavy atom. The maximum atomic E-state index is 11.7. The molecule has 0 spiro atoms. The highest BCUT2D eigenvalue weighted by Crippen LogP contribution is 2.39. The molecule has 3 N–H and O–H groups in total. The van der Waals surface area contributed by atoms with Crippen LogP contribution >= 0.6 is 0 Å². The maximum absolute atomic E-state index is 11.7. The van der Waals surface area contributed by atoms with E-state index in [2.05, 4.69) is 0 Å². The zero-order valence-corrected chi connectivity index (χ0v) is 9.93. The highest BCUT2D eigenvalue weighted by molar-refractivity contribution is 5.81. The second-order valence-electron chi connectivity index (χ2n) is 5.04. The average Bonchev–Trinajstić information content (AvgIpc) is 2.33. The summed E-state index contributed by atoms with van der Waals surface area (Å²) in [6.45, 7) is 0. The van der Waals surface area contributed by atoms with E-state index in [4.69, 9.17) is 5.73 Å². The second kappa shape index (κ2) is 4.88. The SMILES string of the molecule is NC(=O)C1(Cc2ccccc2)CCC(O)CC1. The number of aliphatic hydroxyl groups is 1. The van der Waals surface area contributed by atoms with E-state index < -0.39 is 5.41 Å². The Hall–Kier alpha value is -1.35. The molecule has 17 heavy (non-hydrogen) atoms. The molecule has 1 aliphatic rings. The third kappa shape index (κ3) is 2.67. The molecule has 3 heteroatoms. The van der Waals surface area contributed by atoms with E-state index in [0.29, 0.717) is 32.1 Å². The van der Waals surface area contributed by atoms with Crippen molar-refractivity contribution in [3.8, 4) is 0 Å². The van der Waals surface area contributed by atoms with Gasteiger partial charge in [0.05, 0.1) is 11.5 Å². The van der Waals surface area contributed by atoms with E-state index in [1.54, 1.807) is 0 Å². The third-order valence-corrected chi connectivity index (χ3v) is 3.82. The molecule has 1 aliphatic carbocycles. The number of carbonyl (C=O) groups is 1. The molecule has 1 aromatic rings. The Labute approximate surface area is 102 Å². The molecule has 0 unspecified atom stereocenters. The van der Waals surface area contributed by atoms with Crippen LogP contribution in [0.1, 0.15) is 31.2 Å². The predicted molar refractivity (Wildman–Crippen MR) is 66.2 cm³/mol. The number of nitrogens with two attached hydrogens (primary N) is 1. The van der Waals surface area contributed by atoms with Gasteiger partial charge in [-0.25, -0.2) is 0 Å². The normalized spacial score (nSPS) is 28.9. The van der Waals surface area contributed by atoms with Crippen molar-refractivity contribution in [3.05, 3.63) is 35.9 Å². The molecule has 0 atom stereocenters. The fourth-order valence-electron chi connectivity index (χ4n) is 2.65. The van der Waals surface area contributed by atoms with Crippen molar-refractivity contribution in [2.45, 2.75) is 38.2 Å². The molecule has 1 aromatic carbocycles. The van der Waals surface area contributed by atoms with Gasteiger partial charge in [0.2, 0.25) is 5.91 Å². The molecule has 0 radical (unpaired) electrons. The Morgan fingerprint density at radius 3 is 2.41 bits per heavy atom. The minimum atomic E-state index is -0.458. The first-order valence-electron chi connectivity index (χ1n) is 6.14. The first-order valence-corrected chi connectivity index (χ1v) is 6.14. The third-order valence-electron chi connectivity index (χ3n) is 3.82. The topological polar surface area (TPSA) is 63.3 Å². The molecule has 92 valence electrons. The van der Waals surface area contributed by atoms with Gasteiger partial charge in [0.15, 0.2) is 0 Å². The fourth-order valence-corrected chi connectivity index (χ4v) is 2.65. The van der Waals surface area contributed by atoms with E-state index in [-0.39, 0.29) is 12.0 Å². The van der Waals surface area contributed by atoms with Gasteiger partial charge in [-0.05, 0) is 37.7 Å². The van der Waals surface area contributed by atoms with E-state index in [1.807, 2.05) is 30.3 Å². The van der Waals surface area contributed by atoms with Gasteiger partial charge in [0.25, 0.3) is 0 Å². The van der Waals surface area contributed by atoms with Crippen LogP contribution in [0.15, 0.2) is 30.3 Å². The lowest BCUT2D eigenvalue weighted by Gasteiger charge is -2.36. The summed E-state index contributed by atoms with van der Waals surface area (Å²) >= 11 is 0. The number of primary amides is 1. The molecule has 0 bridgehead atoms. The lowest BCUT2D eigenvalue weighted by molar-refractivity contribution is -0.130. The monoisotopic (exact) mass is 233 g/mol. The van der Waals surface area contributed by atoms with E-state index in [1.165, 1.54) is 0 Å². The van der Waals surface area contributed by atoms with Crippen LogP contribution in [0, 0.1) is 5.41 Å². The predicted octanol–water partition coefficient (Wildman–Crippen LogP) is 1.64. The first-order chi connectivity index (χ1) is 8.12. The molecule has 0 aliphatic heterocycles. The number of rotatable bonds is 3. The highest BCUT2D eigenvalue weighted by atomic mass is 16.3. The molecule has 1 fully saturated rings. The smallest absolute Gasteiger partial charge is 0.223 e. The average molecular weight is 233 g/mol. The Balaban J connectivity index is 2.15. The summed E-state index contributed by atoms with van der Waals surface area (Å²) in [5, 5.41) is 9.54. The minimum Gasteiger partial charge on any atom is -0.393 e. The van der Waals surface area contributed by atoms with Crippen LogP contribution in [0.3, 0.4) is 0 Å². The summed E-state index contributed by atoms with van der Waals surface area (Å²) in [5.74, 6) is -0.228. The summed E-state index contributed by atoms with van der Waals surface area (Å²) in [7, 11) is 0. The quantitative estimate of drug-likeness (QED) is 0.833. The van der Waals surface area contributed by atoms with E-state index in [9.17, 15) is 9.90 Å². The van der Waals surface area contributed by atoms with Gasteiger partial charge < -0.3 is 10.8 Å². The van der Waals surface area contributed by atoms with Crippen LogP contribution in [-0.4, -0.2) is 17.1 Å². The van der Waals surface area contributed by atoms with E-state index >= 15 is 0 Å². The Kier molecular flexibility index (Phi) is 3.48. The number of hydrogen-bond acceptors (Lipinski definition) is 2. The summed E-state index contributed by atoms with van der Waals surface area (Å²) in [4.78, 5) is 11.7. The van der Waals surface area contributed by atoms with Gasteiger partial charge in [-0.3, -0.25) is 4.79 Å². The zero-order valence-electron chi connectivity index (χ0n) is 9.93. The van der Waals surface area contributed by atoms with Crippen LogP contribution in [-0.2, 0) is 11.2 Å². The van der Waals surface area contributed by atoms with Crippen molar-refractivity contribution in [3.63, 3.8) is 0 Å². The Bertz CT molecular complexity index is 380. The van der Waals surface area contributed by atoms with Gasteiger partial charge in [-0.2, -0.15) is 0 Å². The van der Waals surface area contributed by atoms with Crippen LogP contribution in [0.25, 0.3) is 0 Å². The lowest BCUT2D eigenvalue weighted by Crippen LogP contribution is -2.42. The molecule has 0 saturated heterocycles. The second-order valence-corrected chi connectivity index (χ2v) is 5.04. The van der Waals surface area contributed by atoms with Gasteiger partial charge in [0, 0.05) is 0 Å². The van der Waals surface area contributed by atoms with Crippen molar-refractivity contribution >= 4 is 5.91 Å². The van der Waals surface area contributed by atoms with Gasteiger partial charge in [-0.15, -0.1) is 0 Å². The van der Waals surface area contributed by atoms with Crippen molar-refractivity contribution < 1.29 is 9.90 Å². The highest BCUT2D eigenvalue weighted by Gasteiger charge is 2.39. The van der Waals surface area contributed by atoms with Crippen LogP contribution in [0.4, 0.5) is 0 Å². The molecular weight excluding hydrogens is 214 g/mol. The van der Waals surface area contributed by atoms with Gasteiger partial charge in [-0.1, -0.05) is 30.3 Å². The molecule has 3 nitrogen and oxygen atoms in total. The number of benzene rings is 1. The first kappa shape index (κ1) is 12.1. The molecule has 1 saturated carbocycles. The number of hydrogen-bond donors (Lipinski definition) is 2. The fraction of sp³-hybridized carbons (Fsp3) is 0.500. The van der Waals surface area contributed by atoms with Crippen LogP contribution in [0.2, 0.25) is 0 Å². The molecular formula is C14H19NO2. The molecule has 2 rings (SSSR count). The van der Waals surface area contributed by atoms with Crippen LogP contribution < -0.4 is 5.73 Å². The Morgan fingerprint density at radius 1 is 1.29 bits per heavy atom. The van der Waals surface area contributed by atoms with Gasteiger partial charge >= 0.3 is 0 Å². The standard InChI is InChI=1S/C14H19NO2/c15-13(17)14(8-6-12(16)7-9-14)10-11-4-2-1-3-5-11/h1-5,12,16H,6-10H2,(H2,15,17). The summed E-state index contributed by atoms with van der Waals surface area (Å²) in [5.41, 5.74) is 6.26. The molecule has 0 aromatic heterocycles. The number of carbonyl (C=O) groups excluding carboxylic acids is 1. The number of aliphatic hydroxyl groups excluding tert-OH is 1.